The topological polar surface area (TPSA) is 67.4 Å². The number of amides is 2. The molecule has 0 radical (unpaired) electrons. The molecule has 2 amide bonds. The minimum Gasteiger partial charge on any atom is -0.377 e. The van der Waals surface area contributed by atoms with Crippen LogP contribution >= 0.6 is 0 Å². The van der Waals surface area contributed by atoms with E-state index in [0.29, 0.717) is 6.54 Å². The molecule has 1 aromatic carbocycles. The first-order valence-corrected chi connectivity index (χ1v) is 8.24. The number of nitrogens with one attached hydrogen (secondary N) is 2. The lowest BCUT2D eigenvalue weighted by Gasteiger charge is -2.40. The van der Waals surface area contributed by atoms with Gasteiger partial charge >= 0.3 is 11.8 Å². The number of hydrogen-bond donors (Lipinski definition) is 2. The highest BCUT2D eigenvalue weighted by atomic mass is 19.1. The van der Waals surface area contributed by atoms with Crippen LogP contribution in [0.1, 0.15) is 33.6 Å². The van der Waals surface area contributed by atoms with Crippen LogP contribution in [-0.2, 0) is 14.3 Å². The van der Waals surface area contributed by atoms with E-state index in [9.17, 15) is 14.0 Å². The third-order valence-corrected chi connectivity index (χ3v) is 4.15. The van der Waals surface area contributed by atoms with Crippen LogP contribution in [0.15, 0.2) is 24.3 Å². The third-order valence-electron chi connectivity index (χ3n) is 4.15. The number of benzene rings is 1. The van der Waals surface area contributed by atoms with Gasteiger partial charge in [0.2, 0.25) is 0 Å². The van der Waals surface area contributed by atoms with Crippen LogP contribution in [0.25, 0.3) is 0 Å². The first-order chi connectivity index (χ1) is 11.3. The minimum absolute atomic E-state index is 0.00813. The molecule has 0 aliphatic carbocycles. The fourth-order valence-corrected chi connectivity index (χ4v) is 3.06. The Morgan fingerprint density at radius 2 is 1.96 bits per heavy atom. The summed E-state index contributed by atoms with van der Waals surface area (Å²) >= 11 is 0. The maximum Gasteiger partial charge on any atom is 0.313 e. The molecule has 24 heavy (non-hydrogen) atoms. The first kappa shape index (κ1) is 18.4. The molecule has 1 saturated heterocycles. The quantitative estimate of drug-likeness (QED) is 0.834. The lowest BCUT2D eigenvalue weighted by molar-refractivity contribution is -0.137. The van der Waals surface area contributed by atoms with Gasteiger partial charge in [0.15, 0.2) is 0 Å². The van der Waals surface area contributed by atoms with Crippen LogP contribution in [0.5, 0.6) is 0 Å². The van der Waals surface area contributed by atoms with Crippen molar-refractivity contribution in [2.24, 2.45) is 11.3 Å². The Labute approximate surface area is 142 Å². The SMILES string of the molecule is CC(C)(C)C1OCCCC1CNC(=O)C(=O)Nc1ccccc1F. The van der Waals surface area contributed by atoms with Gasteiger partial charge in [-0.25, -0.2) is 4.39 Å². The monoisotopic (exact) mass is 336 g/mol. The van der Waals surface area contributed by atoms with Crippen molar-refractivity contribution >= 4 is 17.5 Å². The summed E-state index contributed by atoms with van der Waals surface area (Å²) in [5.74, 6) is -2.06. The molecule has 5 nitrogen and oxygen atoms in total. The summed E-state index contributed by atoms with van der Waals surface area (Å²) in [4.78, 5) is 23.9. The fraction of sp³-hybridized carbons (Fsp3) is 0.556. The van der Waals surface area contributed by atoms with E-state index in [2.05, 4.69) is 31.4 Å². The van der Waals surface area contributed by atoms with Crippen LogP contribution in [0.4, 0.5) is 10.1 Å². The predicted molar refractivity (Wildman–Crippen MR) is 90.0 cm³/mol. The van der Waals surface area contributed by atoms with Gasteiger partial charge in [0, 0.05) is 19.1 Å². The van der Waals surface area contributed by atoms with Gasteiger partial charge in [0.05, 0.1) is 11.8 Å². The number of rotatable bonds is 3. The molecule has 1 aromatic rings. The molecule has 1 aliphatic heterocycles. The van der Waals surface area contributed by atoms with Crippen molar-refractivity contribution in [3.05, 3.63) is 30.1 Å². The normalized spacial score (nSPS) is 21.2. The fourth-order valence-electron chi connectivity index (χ4n) is 3.06. The molecule has 2 unspecified atom stereocenters. The Balaban J connectivity index is 1.90. The number of para-hydroxylation sites is 1. The highest BCUT2D eigenvalue weighted by Crippen LogP contribution is 2.33. The van der Waals surface area contributed by atoms with Gasteiger partial charge in [-0.1, -0.05) is 32.9 Å². The molecule has 2 rings (SSSR count). The molecule has 2 N–H and O–H groups in total. The van der Waals surface area contributed by atoms with Crippen molar-refractivity contribution in [2.75, 3.05) is 18.5 Å². The number of carbonyl (C=O) groups is 2. The van der Waals surface area contributed by atoms with Crippen molar-refractivity contribution < 1.29 is 18.7 Å². The Morgan fingerprint density at radius 3 is 2.62 bits per heavy atom. The maximum absolute atomic E-state index is 13.5. The van der Waals surface area contributed by atoms with E-state index in [1.807, 2.05) is 0 Å². The molecular weight excluding hydrogens is 311 g/mol. The van der Waals surface area contributed by atoms with E-state index in [4.69, 9.17) is 4.74 Å². The highest BCUT2D eigenvalue weighted by Gasteiger charge is 2.35. The largest absolute Gasteiger partial charge is 0.377 e. The van der Waals surface area contributed by atoms with Gasteiger partial charge in [0.25, 0.3) is 0 Å². The zero-order valence-corrected chi connectivity index (χ0v) is 14.4. The van der Waals surface area contributed by atoms with Gasteiger partial charge in [-0.05, 0) is 30.4 Å². The number of carbonyl (C=O) groups excluding carboxylic acids is 2. The summed E-state index contributed by atoms with van der Waals surface area (Å²) in [6.07, 6.45) is 1.91. The van der Waals surface area contributed by atoms with E-state index >= 15 is 0 Å². The van der Waals surface area contributed by atoms with E-state index in [0.717, 1.165) is 19.4 Å². The second-order valence-electron chi connectivity index (χ2n) is 7.20. The average Bonchev–Trinajstić information content (AvgIpc) is 2.54. The first-order valence-electron chi connectivity index (χ1n) is 8.24. The Hall–Kier alpha value is -1.95. The van der Waals surface area contributed by atoms with Crippen LogP contribution in [0, 0.1) is 17.2 Å². The van der Waals surface area contributed by atoms with E-state index in [1.165, 1.54) is 18.2 Å². The minimum atomic E-state index is -0.871. The van der Waals surface area contributed by atoms with Crippen molar-refractivity contribution in [1.29, 1.82) is 0 Å². The summed E-state index contributed by atoms with van der Waals surface area (Å²) in [6, 6.07) is 5.73. The summed E-state index contributed by atoms with van der Waals surface area (Å²) in [6.45, 7) is 7.39. The van der Waals surface area contributed by atoms with Gasteiger partial charge in [-0.15, -0.1) is 0 Å². The second-order valence-corrected chi connectivity index (χ2v) is 7.20. The number of halogens is 1. The lowest BCUT2D eigenvalue weighted by atomic mass is 9.78. The standard InChI is InChI=1S/C18H25FN2O3/c1-18(2,3)15-12(7-6-10-24-15)11-20-16(22)17(23)21-14-9-5-4-8-13(14)19/h4-5,8-9,12,15H,6-7,10-11H2,1-3H3,(H,20,22)(H,21,23). The van der Waals surface area contributed by atoms with E-state index in [1.54, 1.807) is 6.07 Å². The predicted octanol–water partition coefficient (Wildman–Crippen LogP) is 2.72. The van der Waals surface area contributed by atoms with Crippen molar-refractivity contribution in [3.8, 4) is 0 Å². The highest BCUT2D eigenvalue weighted by molar-refractivity contribution is 6.39. The zero-order valence-electron chi connectivity index (χ0n) is 14.4. The Bertz CT molecular complexity index is 598. The molecule has 0 bridgehead atoms. The van der Waals surface area contributed by atoms with E-state index in [-0.39, 0.29) is 23.1 Å². The summed E-state index contributed by atoms with van der Waals surface area (Å²) in [5.41, 5.74) is -0.0446. The summed E-state index contributed by atoms with van der Waals surface area (Å²) in [7, 11) is 0. The lowest BCUT2D eigenvalue weighted by Crippen LogP contribution is -2.46. The Kier molecular flexibility index (Phi) is 5.94. The average molecular weight is 336 g/mol. The number of anilines is 1. The summed E-state index contributed by atoms with van der Waals surface area (Å²) in [5, 5.41) is 4.92. The smallest absolute Gasteiger partial charge is 0.313 e. The molecule has 0 saturated carbocycles. The molecule has 1 fully saturated rings. The zero-order chi connectivity index (χ0) is 17.7. The van der Waals surface area contributed by atoms with Gasteiger partial charge in [-0.2, -0.15) is 0 Å². The van der Waals surface area contributed by atoms with Crippen molar-refractivity contribution in [2.45, 2.75) is 39.7 Å². The molecule has 1 heterocycles. The van der Waals surface area contributed by atoms with E-state index < -0.39 is 17.6 Å². The summed E-state index contributed by atoms with van der Waals surface area (Å²) < 4.78 is 19.4. The van der Waals surface area contributed by atoms with Gasteiger partial charge < -0.3 is 15.4 Å². The van der Waals surface area contributed by atoms with Crippen LogP contribution < -0.4 is 10.6 Å². The van der Waals surface area contributed by atoms with Crippen molar-refractivity contribution in [1.82, 2.24) is 5.32 Å². The van der Waals surface area contributed by atoms with Crippen LogP contribution in [-0.4, -0.2) is 31.1 Å². The molecule has 0 spiro atoms. The maximum atomic E-state index is 13.5. The molecule has 1 aliphatic rings. The molecular formula is C18H25FN2O3. The number of hydrogen-bond acceptors (Lipinski definition) is 3. The van der Waals surface area contributed by atoms with Crippen molar-refractivity contribution in [3.63, 3.8) is 0 Å². The molecule has 0 aromatic heterocycles. The molecule has 132 valence electrons. The second kappa shape index (κ2) is 7.75. The third kappa shape index (κ3) is 4.77. The van der Waals surface area contributed by atoms with Gasteiger partial charge in [-0.3, -0.25) is 9.59 Å². The molecule has 6 heteroatoms. The van der Waals surface area contributed by atoms with Crippen LogP contribution in [0.2, 0.25) is 0 Å². The Morgan fingerprint density at radius 1 is 1.25 bits per heavy atom. The van der Waals surface area contributed by atoms with Crippen LogP contribution in [0.3, 0.4) is 0 Å². The van der Waals surface area contributed by atoms with Gasteiger partial charge in [0.1, 0.15) is 5.82 Å². The molecule has 2 atom stereocenters. The number of ether oxygens (including phenoxy) is 1.